The van der Waals surface area contributed by atoms with Gasteiger partial charge in [0.1, 0.15) is 5.82 Å². The van der Waals surface area contributed by atoms with Gasteiger partial charge in [0, 0.05) is 13.1 Å². The smallest absolute Gasteiger partial charge is 0.308 e. The highest BCUT2D eigenvalue weighted by Gasteiger charge is 2.56. The Hall–Kier alpha value is -1.91. The number of likely N-dealkylation sites (tertiary alicyclic amines) is 1. The van der Waals surface area contributed by atoms with Gasteiger partial charge in [-0.15, -0.1) is 0 Å². The van der Waals surface area contributed by atoms with E-state index in [9.17, 15) is 19.1 Å². The zero-order valence-electron chi connectivity index (χ0n) is 12.9. The molecule has 0 radical (unpaired) electrons. The highest BCUT2D eigenvalue weighted by molar-refractivity contribution is 5.92. The summed E-state index contributed by atoms with van der Waals surface area (Å²) in [5.41, 5.74) is 0.306. The second-order valence-electron chi connectivity index (χ2n) is 7.25. The topological polar surface area (TPSA) is 57.6 Å². The molecule has 3 fully saturated rings. The Morgan fingerprint density at radius 3 is 2.30 bits per heavy atom. The minimum absolute atomic E-state index is 0.0264. The molecule has 1 aliphatic heterocycles. The molecule has 1 aromatic rings. The average Bonchev–Trinajstić information content (AvgIpc) is 3.45. The van der Waals surface area contributed by atoms with E-state index in [0.717, 1.165) is 31.2 Å². The van der Waals surface area contributed by atoms with Gasteiger partial charge in [-0.05, 0) is 55.2 Å². The van der Waals surface area contributed by atoms with Crippen molar-refractivity contribution in [2.75, 3.05) is 13.1 Å². The third kappa shape index (κ3) is 2.42. The zero-order chi connectivity index (χ0) is 16.2. The van der Waals surface area contributed by atoms with E-state index in [1.165, 1.54) is 12.1 Å². The van der Waals surface area contributed by atoms with Crippen molar-refractivity contribution in [2.24, 2.45) is 17.8 Å². The van der Waals surface area contributed by atoms with Crippen LogP contribution in [-0.2, 0) is 15.0 Å². The van der Waals surface area contributed by atoms with E-state index in [0.29, 0.717) is 19.0 Å². The molecule has 2 aliphatic carbocycles. The molecule has 0 aromatic heterocycles. The van der Waals surface area contributed by atoms with Crippen LogP contribution in [0.4, 0.5) is 4.39 Å². The molecule has 5 heteroatoms. The summed E-state index contributed by atoms with van der Waals surface area (Å²) in [6.07, 6.45) is 3.69. The fourth-order valence-electron chi connectivity index (χ4n) is 4.08. The Morgan fingerprint density at radius 1 is 1.13 bits per heavy atom. The molecule has 2 saturated carbocycles. The van der Waals surface area contributed by atoms with Crippen molar-refractivity contribution in [1.29, 1.82) is 0 Å². The highest BCUT2D eigenvalue weighted by atomic mass is 19.1. The van der Waals surface area contributed by atoms with Crippen LogP contribution in [0, 0.1) is 23.6 Å². The Kier molecular flexibility index (Phi) is 3.22. The van der Waals surface area contributed by atoms with Gasteiger partial charge in [0.15, 0.2) is 0 Å². The minimum Gasteiger partial charge on any atom is -0.481 e. The SMILES string of the molecule is O=C(O)[C@H]1CN(C(=O)C2(c3ccc(F)cc3)CC2)C[C@@H]1C1CC1. The van der Waals surface area contributed by atoms with Crippen LogP contribution in [0.1, 0.15) is 31.2 Å². The molecule has 0 bridgehead atoms. The maximum absolute atomic E-state index is 13.1. The summed E-state index contributed by atoms with van der Waals surface area (Å²) in [6, 6.07) is 6.14. The summed E-state index contributed by atoms with van der Waals surface area (Å²) < 4.78 is 13.1. The van der Waals surface area contributed by atoms with Crippen LogP contribution in [0.15, 0.2) is 24.3 Å². The van der Waals surface area contributed by atoms with E-state index in [1.54, 1.807) is 17.0 Å². The highest BCUT2D eigenvalue weighted by Crippen LogP contribution is 2.51. The Bertz CT molecular complexity index is 649. The first-order chi connectivity index (χ1) is 11.0. The van der Waals surface area contributed by atoms with Crippen molar-refractivity contribution in [1.82, 2.24) is 4.90 Å². The number of aliphatic carboxylic acids is 1. The first-order valence-corrected chi connectivity index (χ1v) is 8.29. The lowest BCUT2D eigenvalue weighted by Gasteiger charge is -2.23. The third-order valence-corrected chi connectivity index (χ3v) is 5.75. The molecule has 4 nitrogen and oxygen atoms in total. The van der Waals surface area contributed by atoms with Gasteiger partial charge in [-0.3, -0.25) is 9.59 Å². The van der Waals surface area contributed by atoms with Crippen molar-refractivity contribution in [3.63, 3.8) is 0 Å². The quantitative estimate of drug-likeness (QED) is 0.928. The number of hydrogen-bond donors (Lipinski definition) is 1. The number of carboxylic acids is 1. The van der Waals surface area contributed by atoms with Crippen LogP contribution in [0.2, 0.25) is 0 Å². The van der Waals surface area contributed by atoms with Crippen LogP contribution in [0.5, 0.6) is 0 Å². The van der Waals surface area contributed by atoms with Crippen molar-refractivity contribution in [3.05, 3.63) is 35.6 Å². The van der Waals surface area contributed by atoms with E-state index in [1.807, 2.05) is 0 Å². The minimum atomic E-state index is -0.788. The maximum Gasteiger partial charge on any atom is 0.308 e. The summed E-state index contributed by atoms with van der Waals surface area (Å²) >= 11 is 0. The number of rotatable bonds is 4. The maximum atomic E-state index is 13.1. The van der Waals surface area contributed by atoms with Crippen LogP contribution in [0.3, 0.4) is 0 Å². The van der Waals surface area contributed by atoms with Gasteiger partial charge < -0.3 is 10.0 Å². The van der Waals surface area contributed by atoms with E-state index >= 15 is 0 Å². The van der Waals surface area contributed by atoms with Gasteiger partial charge in [-0.25, -0.2) is 4.39 Å². The molecule has 2 atom stereocenters. The lowest BCUT2D eigenvalue weighted by Crippen LogP contribution is -2.38. The number of hydrogen-bond acceptors (Lipinski definition) is 2. The van der Waals surface area contributed by atoms with Gasteiger partial charge >= 0.3 is 5.97 Å². The predicted molar refractivity (Wildman–Crippen MR) is 81.2 cm³/mol. The third-order valence-electron chi connectivity index (χ3n) is 5.75. The van der Waals surface area contributed by atoms with Crippen LogP contribution < -0.4 is 0 Å². The fraction of sp³-hybridized carbons (Fsp3) is 0.556. The van der Waals surface area contributed by atoms with Crippen LogP contribution >= 0.6 is 0 Å². The first-order valence-electron chi connectivity index (χ1n) is 8.29. The van der Waals surface area contributed by atoms with E-state index < -0.39 is 17.3 Å². The van der Waals surface area contributed by atoms with Crippen LogP contribution in [-0.4, -0.2) is 35.0 Å². The Morgan fingerprint density at radius 2 is 1.78 bits per heavy atom. The first kappa shape index (κ1) is 14.7. The zero-order valence-corrected chi connectivity index (χ0v) is 12.9. The molecule has 1 heterocycles. The molecular formula is C18H20FNO3. The van der Waals surface area contributed by atoms with E-state index in [-0.39, 0.29) is 17.6 Å². The molecule has 1 aromatic carbocycles. The van der Waals surface area contributed by atoms with Crippen molar-refractivity contribution < 1.29 is 19.1 Å². The van der Waals surface area contributed by atoms with Gasteiger partial charge in [0.25, 0.3) is 0 Å². The predicted octanol–water partition coefficient (Wildman–Crippen LogP) is 2.43. The van der Waals surface area contributed by atoms with E-state index in [2.05, 4.69) is 0 Å². The van der Waals surface area contributed by atoms with E-state index in [4.69, 9.17) is 0 Å². The van der Waals surface area contributed by atoms with Crippen LogP contribution in [0.25, 0.3) is 0 Å². The molecule has 23 heavy (non-hydrogen) atoms. The van der Waals surface area contributed by atoms with Gasteiger partial charge in [0.2, 0.25) is 5.91 Å². The molecule has 0 spiro atoms. The van der Waals surface area contributed by atoms with Crippen molar-refractivity contribution in [3.8, 4) is 0 Å². The molecule has 1 N–H and O–H groups in total. The van der Waals surface area contributed by atoms with Gasteiger partial charge in [-0.1, -0.05) is 12.1 Å². The largest absolute Gasteiger partial charge is 0.481 e. The summed E-state index contributed by atoms with van der Waals surface area (Å²) in [6.45, 7) is 0.877. The number of halogens is 1. The van der Waals surface area contributed by atoms with Gasteiger partial charge in [-0.2, -0.15) is 0 Å². The number of amides is 1. The van der Waals surface area contributed by atoms with Crippen molar-refractivity contribution >= 4 is 11.9 Å². The Labute approximate surface area is 134 Å². The lowest BCUT2D eigenvalue weighted by atomic mass is 9.92. The second kappa shape index (κ2) is 5.05. The number of nitrogens with zero attached hydrogens (tertiary/aromatic N) is 1. The molecule has 3 aliphatic rings. The summed E-state index contributed by atoms with van der Waals surface area (Å²) in [5.74, 6) is -0.939. The average molecular weight is 317 g/mol. The normalized spacial score (nSPS) is 28.7. The lowest BCUT2D eigenvalue weighted by molar-refractivity contribution is -0.142. The van der Waals surface area contributed by atoms with Gasteiger partial charge in [0.05, 0.1) is 11.3 Å². The number of carbonyl (C=O) groups excluding carboxylic acids is 1. The Balaban J connectivity index is 1.55. The molecule has 122 valence electrons. The number of carboxylic acid groups (broad SMARTS) is 1. The summed E-state index contributed by atoms with van der Waals surface area (Å²) in [7, 11) is 0. The fourth-order valence-corrected chi connectivity index (χ4v) is 4.08. The molecule has 4 rings (SSSR count). The second-order valence-corrected chi connectivity index (χ2v) is 7.25. The standard InChI is InChI=1S/C18H20FNO3/c19-13-5-3-12(4-6-13)18(7-8-18)17(23)20-9-14(11-1-2-11)15(10-20)16(21)22/h3-6,11,14-15H,1-2,7-10H2,(H,21,22)/t14-,15+/m1/s1. The summed E-state index contributed by atoms with van der Waals surface area (Å²) in [4.78, 5) is 26.3. The molecular weight excluding hydrogens is 297 g/mol. The number of carbonyl (C=O) groups is 2. The number of benzene rings is 1. The monoisotopic (exact) mass is 317 g/mol. The molecule has 0 unspecified atom stereocenters. The molecule has 1 amide bonds. The van der Waals surface area contributed by atoms with Crippen molar-refractivity contribution in [2.45, 2.75) is 31.1 Å². The molecule has 1 saturated heterocycles. The summed E-state index contributed by atoms with van der Waals surface area (Å²) in [5, 5.41) is 9.45.